The van der Waals surface area contributed by atoms with Crippen LogP contribution in [-0.2, 0) is 16.2 Å². The minimum atomic E-state index is -0.301. The fraction of sp³-hybridized carbons (Fsp3) is 0.176. The summed E-state index contributed by atoms with van der Waals surface area (Å²) in [7, 11) is 0. The maximum Gasteiger partial charge on any atom is 0.0545 e. The normalized spacial score (nSPS) is 16.7. The number of anilines is 3. The van der Waals surface area contributed by atoms with Crippen LogP contribution in [0.25, 0.3) is 55.0 Å². The van der Waals surface area contributed by atoms with Crippen LogP contribution in [-0.4, -0.2) is 9.13 Å². The Morgan fingerprint density at radius 1 is 0.315 bits per heavy atom. The van der Waals surface area contributed by atoms with Crippen LogP contribution in [0.1, 0.15) is 74.9 Å². The van der Waals surface area contributed by atoms with E-state index in [1.165, 1.54) is 105 Å². The standard InChI is InChI=1S/C51H41N3/c1-49(2)36-20-15-21-37-46(36)54-47-38(49)26-30(52-42-22-11-7-16-32(42)33-17-8-12-23-43(33)52)28-40(47)51(5,6)41-29-31(27-39(48(41)54)50(37,3)4)53-44-24-13-9-18-34(44)35-19-10-14-25-45(35)53/h7-29H,1-6H3. The molecule has 0 saturated heterocycles. The second-order valence-electron chi connectivity index (χ2n) is 17.4. The van der Waals surface area contributed by atoms with E-state index in [2.05, 4.69) is 195 Å². The van der Waals surface area contributed by atoms with E-state index in [1.54, 1.807) is 0 Å². The Morgan fingerprint density at radius 3 is 0.926 bits per heavy atom. The lowest BCUT2D eigenvalue weighted by atomic mass is 9.60. The first-order chi connectivity index (χ1) is 26.1. The van der Waals surface area contributed by atoms with E-state index >= 15 is 0 Å². The molecule has 3 heteroatoms. The second kappa shape index (κ2) is 9.72. The summed E-state index contributed by atoms with van der Waals surface area (Å²) in [6, 6.07) is 52.7. The zero-order valence-corrected chi connectivity index (χ0v) is 31.6. The summed E-state index contributed by atoms with van der Waals surface area (Å²) in [5.74, 6) is 0. The Bertz CT molecular complexity index is 2830. The maximum atomic E-state index is 2.69. The summed E-state index contributed by atoms with van der Waals surface area (Å²) in [6.45, 7) is 14.7. The van der Waals surface area contributed by atoms with Crippen LogP contribution >= 0.6 is 0 Å². The molecular formula is C51H41N3. The predicted octanol–water partition coefficient (Wildman–Crippen LogP) is 13.3. The Hall–Kier alpha value is -6.06. The Balaban J connectivity index is 1.23. The fourth-order valence-corrected chi connectivity index (χ4v) is 10.8. The van der Waals surface area contributed by atoms with Gasteiger partial charge in [-0.3, -0.25) is 0 Å². The van der Waals surface area contributed by atoms with E-state index in [0.29, 0.717) is 0 Å². The van der Waals surface area contributed by atoms with Crippen LogP contribution in [0.15, 0.2) is 140 Å². The van der Waals surface area contributed by atoms with Crippen LogP contribution in [0.5, 0.6) is 0 Å². The van der Waals surface area contributed by atoms with Crippen molar-refractivity contribution in [2.75, 3.05) is 4.90 Å². The van der Waals surface area contributed by atoms with Gasteiger partial charge in [0.05, 0.1) is 39.1 Å². The predicted molar refractivity (Wildman–Crippen MR) is 226 cm³/mol. The molecule has 0 saturated carbocycles. The van der Waals surface area contributed by atoms with E-state index < -0.39 is 0 Å². The molecular weight excluding hydrogens is 655 g/mol. The van der Waals surface area contributed by atoms with Gasteiger partial charge in [-0.2, -0.15) is 0 Å². The maximum absolute atomic E-state index is 2.69. The number of para-hydroxylation sites is 5. The van der Waals surface area contributed by atoms with Gasteiger partial charge in [0.15, 0.2) is 0 Å². The van der Waals surface area contributed by atoms with Gasteiger partial charge in [0, 0.05) is 49.2 Å². The molecule has 3 aliphatic heterocycles. The summed E-state index contributed by atoms with van der Waals surface area (Å²) >= 11 is 0. The summed E-state index contributed by atoms with van der Waals surface area (Å²) in [5, 5.41) is 5.16. The molecule has 0 amide bonds. The zero-order chi connectivity index (χ0) is 36.5. The highest BCUT2D eigenvalue weighted by Crippen LogP contribution is 2.66. The van der Waals surface area contributed by atoms with Crippen molar-refractivity contribution in [2.45, 2.75) is 57.8 Å². The lowest BCUT2D eigenvalue weighted by Gasteiger charge is -2.55. The number of fused-ring (bicyclic) bond motifs is 6. The first-order valence-corrected chi connectivity index (χ1v) is 19.4. The van der Waals surface area contributed by atoms with Gasteiger partial charge in [0.25, 0.3) is 0 Å². The van der Waals surface area contributed by atoms with Crippen molar-refractivity contribution in [3.8, 4) is 11.4 Å². The molecule has 0 unspecified atom stereocenters. The molecule has 3 nitrogen and oxygen atoms in total. The van der Waals surface area contributed by atoms with Crippen LogP contribution in [0, 0.1) is 0 Å². The first kappa shape index (κ1) is 30.4. The largest absolute Gasteiger partial charge is 0.309 e. The monoisotopic (exact) mass is 695 g/mol. The Labute approximate surface area is 315 Å². The molecule has 0 radical (unpaired) electrons. The van der Waals surface area contributed by atoms with E-state index in [0.717, 1.165) is 0 Å². The van der Waals surface area contributed by atoms with Crippen molar-refractivity contribution in [3.63, 3.8) is 0 Å². The van der Waals surface area contributed by atoms with Crippen LogP contribution in [0.2, 0.25) is 0 Å². The molecule has 260 valence electrons. The van der Waals surface area contributed by atoms with E-state index in [4.69, 9.17) is 0 Å². The van der Waals surface area contributed by atoms with Gasteiger partial charge in [-0.15, -0.1) is 0 Å². The molecule has 9 aromatic rings. The minimum absolute atomic E-state index is 0.217. The molecule has 12 rings (SSSR count). The smallest absolute Gasteiger partial charge is 0.0545 e. The van der Waals surface area contributed by atoms with Crippen molar-refractivity contribution in [1.29, 1.82) is 0 Å². The fourth-order valence-electron chi connectivity index (χ4n) is 10.8. The highest BCUT2D eigenvalue weighted by molar-refractivity contribution is 6.11. The molecule has 0 fully saturated rings. The molecule has 0 atom stereocenters. The van der Waals surface area contributed by atoms with Gasteiger partial charge >= 0.3 is 0 Å². The number of hydrogen-bond donors (Lipinski definition) is 0. The summed E-state index contributed by atoms with van der Waals surface area (Å²) in [4.78, 5) is 2.69. The van der Waals surface area contributed by atoms with Gasteiger partial charge in [-0.05, 0) is 81.9 Å². The molecule has 5 heterocycles. The SMILES string of the molecule is CC1(C)c2cccc3c2N2c4c1cc(-n1c5ccccc5c5ccccc51)cc4C(C)(C)c1cc(-n4c5ccccc5c5ccccc54)cc(c12)C3(C)C. The third kappa shape index (κ3) is 3.45. The number of aromatic nitrogens is 2. The number of nitrogens with zero attached hydrogens (tertiary/aromatic N) is 3. The number of benzene rings is 7. The quantitative estimate of drug-likeness (QED) is 0.175. The van der Waals surface area contributed by atoms with Crippen molar-refractivity contribution in [1.82, 2.24) is 9.13 Å². The lowest BCUT2D eigenvalue weighted by Crippen LogP contribution is -2.43. The second-order valence-corrected chi connectivity index (χ2v) is 17.4. The highest BCUT2D eigenvalue weighted by Gasteiger charge is 2.52. The highest BCUT2D eigenvalue weighted by atomic mass is 15.2. The van der Waals surface area contributed by atoms with E-state index in [9.17, 15) is 0 Å². The third-order valence-electron chi connectivity index (χ3n) is 13.6. The lowest BCUT2D eigenvalue weighted by molar-refractivity contribution is 0.565. The Morgan fingerprint density at radius 2 is 0.593 bits per heavy atom. The molecule has 3 aliphatic rings. The Kier molecular flexibility index (Phi) is 5.47. The van der Waals surface area contributed by atoms with Crippen molar-refractivity contribution in [2.24, 2.45) is 0 Å². The van der Waals surface area contributed by atoms with Gasteiger partial charge in [0.1, 0.15) is 0 Å². The molecule has 0 aliphatic carbocycles. The topological polar surface area (TPSA) is 13.1 Å². The minimum Gasteiger partial charge on any atom is -0.309 e. The third-order valence-corrected chi connectivity index (χ3v) is 13.6. The molecule has 2 aromatic heterocycles. The molecule has 0 spiro atoms. The molecule has 7 aromatic carbocycles. The van der Waals surface area contributed by atoms with E-state index in [-0.39, 0.29) is 16.2 Å². The molecule has 54 heavy (non-hydrogen) atoms. The average molecular weight is 696 g/mol. The number of rotatable bonds is 2. The van der Waals surface area contributed by atoms with Crippen molar-refractivity contribution in [3.05, 3.63) is 173 Å². The first-order valence-electron chi connectivity index (χ1n) is 19.4. The molecule has 0 bridgehead atoms. The van der Waals surface area contributed by atoms with E-state index in [1.807, 2.05) is 0 Å². The number of hydrogen-bond acceptors (Lipinski definition) is 1. The van der Waals surface area contributed by atoms with Gasteiger partial charge in [0.2, 0.25) is 0 Å². The summed E-state index contributed by atoms with van der Waals surface area (Å²) < 4.78 is 5.02. The van der Waals surface area contributed by atoms with Crippen molar-refractivity contribution < 1.29 is 0 Å². The molecule has 0 N–H and O–H groups in total. The van der Waals surface area contributed by atoms with Crippen LogP contribution in [0.3, 0.4) is 0 Å². The van der Waals surface area contributed by atoms with Crippen molar-refractivity contribution >= 4 is 60.7 Å². The zero-order valence-electron chi connectivity index (χ0n) is 31.6. The van der Waals surface area contributed by atoms with Gasteiger partial charge in [-0.1, -0.05) is 133 Å². The van der Waals surface area contributed by atoms with Crippen LogP contribution in [0.4, 0.5) is 17.1 Å². The summed E-state index contributed by atoms with van der Waals surface area (Å²) in [6.07, 6.45) is 0. The van der Waals surface area contributed by atoms with Gasteiger partial charge in [-0.25, -0.2) is 0 Å². The average Bonchev–Trinajstić information content (AvgIpc) is 3.70. The summed E-state index contributed by atoms with van der Waals surface area (Å²) in [5.41, 5.74) is 19.1. The van der Waals surface area contributed by atoms with Crippen LogP contribution < -0.4 is 4.90 Å². The van der Waals surface area contributed by atoms with Gasteiger partial charge < -0.3 is 14.0 Å².